The highest BCUT2D eigenvalue weighted by atomic mass is 79.9. The Morgan fingerprint density at radius 3 is 1.58 bits per heavy atom. The molecule has 0 aliphatic carbocycles. The van der Waals surface area contributed by atoms with Crippen LogP contribution in [0.3, 0.4) is 0 Å². The summed E-state index contributed by atoms with van der Waals surface area (Å²) in [4.78, 5) is 13.3. The number of azo groups is 2. The number of imidazole rings is 2. The normalized spacial score (nSPS) is 10.9. The fourth-order valence-electron chi connectivity index (χ4n) is 5.33. The van der Waals surface area contributed by atoms with Gasteiger partial charge >= 0.3 is 0 Å². The highest BCUT2D eigenvalue weighted by molar-refractivity contribution is 7.13. The fraction of sp³-hybridized carbons (Fsp3) is 0.351. The summed E-state index contributed by atoms with van der Waals surface area (Å²) in [5, 5.41) is 22.4. The molecule has 0 amide bonds. The Kier molecular flexibility index (Phi) is 17.6. The first-order valence-electron chi connectivity index (χ1n) is 17.1. The number of aryl methyl sites for hydroxylation is 5. The molecule has 0 saturated carbocycles. The summed E-state index contributed by atoms with van der Waals surface area (Å²) in [5.41, 5.74) is 7.20. The molecule has 0 aliphatic rings. The number of thiazole rings is 2. The van der Waals surface area contributed by atoms with Crippen LogP contribution in [0.25, 0.3) is 0 Å². The first-order valence-corrected chi connectivity index (χ1v) is 18.9. The standard InChI is InChI=1S/C19H25N6S.C18H23N6S.2BrH/c1-5-25(11-10-24-9-8-23(4)14-24)17-6-7-18(15(2)12-17)21-22-19-20-16(3)13-26-19;1-4-24(12-11-23-10-9-22(3)14-23)17-7-5-16(6-8-17)20-21-18-19-15(2)13-25-18;;/h6-9,12-14H,5,10-11H2,1-4H3;5-10,13-14H,4,11-12H2,1-3H3;2*1H/q2*+1;;/p-2. The lowest BCUT2D eigenvalue weighted by Gasteiger charge is -2.22. The second kappa shape index (κ2) is 21.5. The molecule has 0 bridgehead atoms. The maximum absolute atomic E-state index is 4.36. The van der Waals surface area contributed by atoms with Crippen molar-refractivity contribution in [2.24, 2.45) is 34.6 Å². The SMILES string of the molecule is CCN(CCn1cc[n+](C)c1)c1ccc(N=Nc2nc(C)cs2)c(C)c1.CCN(CCn1cc[n+](C)c1)c1ccc(N=Nc2nc(C)cs2)cc1.[Br-].[Br-]. The zero-order valence-electron chi connectivity index (χ0n) is 31.3. The number of aromatic nitrogens is 6. The van der Waals surface area contributed by atoms with Crippen molar-refractivity contribution < 1.29 is 43.1 Å². The summed E-state index contributed by atoms with van der Waals surface area (Å²) in [6.07, 6.45) is 12.5. The van der Waals surface area contributed by atoms with E-state index in [9.17, 15) is 0 Å². The van der Waals surface area contributed by atoms with Gasteiger partial charge in [0.2, 0.25) is 22.9 Å². The maximum atomic E-state index is 4.36. The number of rotatable bonds is 14. The van der Waals surface area contributed by atoms with Crippen LogP contribution < -0.4 is 52.9 Å². The maximum Gasteiger partial charge on any atom is 0.243 e. The van der Waals surface area contributed by atoms with Crippen molar-refractivity contribution in [3.63, 3.8) is 0 Å². The van der Waals surface area contributed by atoms with Gasteiger partial charge in [0.25, 0.3) is 0 Å². The Labute approximate surface area is 341 Å². The van der Waals surface area contributed by atoms with E-state index in [1.807, 2.05) is 56.9 Å². The molecule has 12 nitrogen and oxygen atoms in total. The van der Waals surface area contributed by atoms with E-state index in [0.29, 0.717) is 10.3 Å². The van der Waals surface area contributed by atoms with E-state index in [2.05, 4.69) is 141 Å². The van der Waals surface area contributed by atoms with Crippen molar-refractivity contribution in [2.75, 3.05) is 36.0 Å². The largest absolute Gasteiger partial charge is 1.00 e. The van der Waals surface area contributed by atoms with Crippen molar-refractivity contribution in [1.82, 2.24) is 19.1 Å². The second-order valence-electron chi connectivity index (χ2n) is 12.2. The van der Waals surface area contributed by atoms with E-state index < -0.39 is 0 Å². The van der Waals surface area contributed by atoms with Crippen LogP contribution in [0.2, 0.25) is 0 Å². The van der Waals surface area contributed by atoms with E-state index in [1.165, 1.54) is 34.0 Å². The number of benzene rings is 2. The molecule has 0 fully saturated rings. The third-order valence-corrected chi connectivity index (χ3v) is 9.82. The van der Waals surface area contributed by atoms with E-state index in [-0.39, 0.29) is 34.0 Å². The number of hydrogen-bond acceptors (Lipinski definition) is 10. The number of hydrogen-bond donors (Lipinski definition) is 0. The predicted molar refractivity (Wildman–Crippen MR) is 207 cm³/mol. The Hall–Kier alpha value is -4.12. The van der Waals surface area contributed by atoms with E-state index in [0.717, 1.165) is 67.6 Å². The second-order valence-corrected chi connectivity index (χ2v) is 13.9. The molecular formula is C37H48Br2N12S2. The molecule has 53 heavy (non-hydrogen) atoms. The lowest BCUT2D eigenvalue weighted by molar-refractivity contribution is -0.671. The number of halogens is 2. The third-order valence-electron chi connectivity index (χ3n) is 8.14. The van der Waals surface area contributed by atoms with Gasteiger partial charge in [-0.2, -0.15) is 0 Å². The zero-order valence-corrected chi connectivity index (χ0v) is 36.1. The van der Waals surface area contributed by atoms with E-state index >= 15 is 0 Å². The molecule has 0 unspecified atom stereocenters. The molecule has 0 atom stereocenters. The van der Waals surface area contributed by atoms with Gasteiger partial charge in [-0.3, -0.25) is 0 Å². The molecule has 6 rings (SSSR count). The molecule has 282 valence electrons. The lowest BCUT2D eigenvalue weighted by atomic mass is 10.1. The van der Waals surface area contributed by atoms with Gasteiger partial charge in [0.1, 0.15) is 37.9 Å². The summed E-state index contributed by atoms with van der Waals surface area (Å²) >= 11 is 3.01. The van der Waals surface area contributed by atoms with Gasteiger partial charge in [0.15, 0.2) is 0 Å². The van der Waals surface area contributed by atoms with Crippen LogP contribution in [0.4, 0.5) is 33.0 Å². The molecule has 4 aromatic heterocycles. The van der Waals surface area contributed by atoms with Crippen molar-refractivity contribution in [3.8, 4) is 0 Å². The minimum atomic E-state index is 0. The summed E-state index contributed by atoms with van der Waals surface area (Å²) < 4.78 is 8.51. The van der Waals surface area contributed by atoms with Crippen LogP contribution >= 0.6 is 22.7 Å². The van der Waals surface area contributed by atoms with Crippen molar-refractivity contribution in [1.29, 1.82) is 0 Å². The van der Waals surface area contributed by atoms with Crippen LogP contribution in [0.5, 0.6) is 0 Å². The van der Waals surface area contributed by atoms with Crippen LogP contribution in [0, 0.1) is 20.8 Å². The monoisotopic (exact) mass is 882 g/mol. The molecule has 0 N–H and O–H groups in total. The first kappa shape index (κ1) is 43.3. The number of nitrogens with zero attached hydrogens (tertiary/aromatic N) is 12. The summed E-state index contributed by atoms with van der Waals surface area (Å²) in [6.45, 7) is 16.1. The highest BCUT2D eigenvalue weighted by Crippen LogP contribution is 2.28. The Morgan fingerprint density at radius 2 is 1.15 bits per heavy atom. The average molecular weight is 885 g/mol. The Bertz CT molecular complexity index is 2030. The van der Waals surface area contributed by atoms with Gasteiger partial charge in [-0.15, -0.1) is 43.1 Å². The molecule has 0 saturated heterocycles. The van der Waals surface area contributed by atoms with Crippen LogP contribution in [-0.4, -0.2) is 45.3 Å². The lowest BCUT2D eigenvalue weighted by Crippen LogP contribution is -3.00. The molecule has 2 aromatic carbocycles. The van der Waals surface area contributed by atoms with Crippen LogP contribution in [0.1, 0.15) is 30.8 Å². The van der Waals surface area contributed by atoms with Gasteiger partial charge in [0.05, 0.1) is 49.9 Å². The molecule has 0 aliphatic heterocycles. The van der Waals surface area contributed by atoms with Gasteiger partial charge in [-0.1, -0.05) is 0 Å². The number of likely N-dealkylation sites (N-methyl/N-ethyl adjacent to an activating group) is 2. The molecule has 0 radical (unpaired) electrons. The van der Waals surface area contributed by atoms with E-state index in [1.54, 1.807) is 0 Å². The summed E-state index contributed by atoms with van der Waals surface area (Å²) in [7, 11) is 4.08. The predicted octanol–water partition coefficient (Wildman–Crippen LogP) is 2.36. The van der Waals surface area contributed by atoms with Gasteiger partial charge in [-0.25, -0.2) is 28.2 Å². The zero-order chi connectivity index (χ0) is 36.2. The van der Waals surface area contributed by atoms with Gasteiger partial charge in [0, 0.05) is 35.2 Å². The number of anilines is 2. The minimum Gasteiger partial charge on any atom is -1.00 e. The third kappa shape index (κ3) is 13.4. The molecule has 16 heteroatoms. The average Bonchev–Trinajstić information content (AvgIpc) is 3.94. The van der Waals surface area contributed by atoms with Crippen molar-refractivity contribution in [2.45, 2.75) is 47.7 Å². The Morgan fingerprint density at radius 1 is 0.660 bits per heavy atom. The van der Waals surface area contributed by atoms with E-state index in [4.69, 9.17) is 0 Å². The first-order chi connectivity index (χ1) is 24.7. The van der Waals surface area contributed by atoms with Crippen LogP contribution in [-0.2, 0) is 27.2 Å². The smallest absolute Gasteiger partial charge is 0.243 e. The van der Waals surface area contributed by atoms with Gasteiger partial charge in [-0.05, 0) is 82.6 Å². The summed E-state index contributed by atoms with van der Waals surface area (Å²) in [5.74, 6) is 0. The molecular weight excluding hydrogens is 836 g/mol. The minimum absolute atomic E-state index is 0. The molecule has 6 aromatic rings. The van der Waals surface area contributed by atoms with Crippen molar-refractivity contribution >= 4 is 55.7 Å². The molecule has 4 heterocycles. The van der Waals surface area contributed by atoms with Crippen molar-refractivity contribution in [3.05, 3.63) is 108 Å². The topological polar surface area (TPSA) is 99.3 Å². The Balaban J connectivity index is 0.000000275. The fourth-order valence-corrected chi connectivity index (χ4v) is 6.56. The summed E-state index contributed by atoms with van der Waals surface area (Å²) in [6, 6.07) is 14.5. The molecule has 0 spiro atoms. The quantitative estimate of drug-likeness (QED) is 0.124. The van der Waals surface area contributed by atoms with Crippen LogP contribution in [0.15, 0.2) is 111 Å². The van der Waals surface area contributed by atoms with Gasteiger partial charge < -0.3 is 43.8 Å². The highest BCUT2D eigenvalue weighted by Gasteiger charge is 2.10.